The predicted octanol–water partition coefficient (Wildman–Crippen LogP) is 2.03. The first-order valence-corrected chi connectivity index (χ1v) is 6.32. The molecule has 0 spiro atoms. The Labute approximate surface area is 102 Å². The molecule has 3 rings (SSSR count). The molecule has 2 aromatic rings. The number of nitrogens with one attached hydrogen (secondary N) is 1. The molecule has 0 aliphatic carbocycles. The number of carbonyl (C=O) groups is 1. The third-order valence-electron chi connectivity index (χ3n) is 3.26. The molecule has 1 saturated heterocycles. The molecule has 0 amide bonds. The second kappa shape index (κ2) is 4.09. The Hall–Kier alpha value is -1.46. The zero-order chi connectivity index (χ0) is 11.8. The number of rotatable bonds is 2. The number of hydrogen-bond acceptors (Lipinski definition) is 4. The van der Waals surface area contributed by atoms with Gasteiger partial charge in [-0.3, -0.25) is 4.79 Å². The van der Waals surface area contributed by atoms with Crippen molar-refractivity contribution in [3.63, 3.8) is 0 Å². The number of benzene rings is 1. The van der Waals surface area contributed by atoms with Gasteiger partial charge in [-0.1, -0.05) is 6.07 Å². The van der Waals surface area contributed by atoms with Gasteiger partial charge < -0.3 is 10.4 Å². The molecule has 17 heavy (non-hydrogen) atoms. The van der Waals surface area contributed by atoms with Gasteiger partial charge in [0.05, 0.1) is 10.6 Å². The summed E-state index contributed by atoms with van der Waals surface area (Å²) in [7, 11) is 0. The molecule has 0 radical (unpaired) electrons. The van der Waals surface area contributed by atoms with Crippen LogP contribution >= 0.6 is 11.5 Å². The SMILES string of the molecule is O=C(O)C1CNC(c2ccc3sncc3c2)C1. The van der Waals surface area contributed by atoms with Gasteiger partial charge in [-0.25, -0.2) is 0 Å². The van der Waals surface area contributed by atoms with Gasteiger partial charge in [-0.05, 0) is 35.6 Å². The van der Waals surface area contributed by atoms with E-state index >= 15 is 0 Å². The second-order valence-electron chi connectivity index (χ2n) is 4.35. The smallest absolute Gasteiger partial charge is 0.307 e. The van der Waals surface area contributed by atoms with Gasteiger partial charge in [0.15, 0.2) is 0 Å². The topological polar surface area (TPSA) is 62.2 Å². The molecule has 1 aliphatic heterocycles. The maximum Gasteiger partial charge on any atom is 0.307 e. The van der Waals surface area contributed by atoms with Gasteiger partial charge in [-0.2, -0.15) is 4.37 Å². The van der Waals surface area contributed by atoms with Crippen LogP contribution < -0.4 is 5.32 Å². The number of carboxylic acid groups (broad SMARTS) is 1. The van der Waals surface area contributed by atoms with Crippen LogP contribution in [0.5, 0.6) is 0 Å². The average Bonchev–Trinajstić information content (AvgIpc) is 2.97. The highest BCUT2D eigenvalue weighted by Gasteiger charge is 2.30. The predicted molar refractivity (Wildman–Crippen MR) is 66.1 cm³/mol. The van der Waals surface area contributed by atoms with Crippen molar-refractivity contribution < 1.29 is 9.90 Å². The van der Waals surface area contributed by atoms with Crippen molar-refractivity contribution in [2.45, 2.75) is 12.5 Å². The monoisotopic (exact) mass is 248 g/mol. The Morgan fingerprint density at radius 1 is 1.53 bits per heavy atom. The number of fused-ring (bicyclic) bond motifs is 1. The lowest BCUT2D eigenvalue weighted by Gasteiger charge is -2.10. The van der Waals surface area contributed by atoms with E-state index < -0.39 is 5.97 Å². The number of aromatic nitrogens is 1. The van der Waals surface area contributed by atoms with E-state index in [2.05, 4.69) is 27.9 Å². The van der Waals surface area contributed by atoms with Crippen LogP contribution in [0.2, 0.25) is 0 Å². The van der Waals surface area contributed by atoms with Crippen LogP contribution in [0.1, 0.15) is 18.0 Å². The van der Waals surface area contributed by atoms with Crippen molar-refractivity contribution in [2.75, 3.05) is 6.54 Å². The van der Waals surface area contributed by atoms with E-state index in [1.165, 1.54) is 16.2 Å². The molecular weight excluding hydrogens is 236 g/mol. The summed E-state index contributed by atoms with van der Waals surface area (Å²) in [5, 5.41) is 13.4. The number of carboxylic acids is 1. The number of hydrogen-bond donors (Lipinski definition) is 2. The summed E-state index contributed by atoms with van der Waals surface area (Å²) in [6.45, 7) is 0.555. The zero-order valence-electron chi connectivity index (χ0n) is 9.09. The molecule has 2 unspecified atom stereocenters. The molecule has 2 N–H and O–H groups in total. The van der Waals surface area contributed by atoms with E-state index in [9.17, 15) is 4.79 Å². The van der Waals surface area contributed by atoms with Crippen molar-refractivity contribution >= 4 is 27.6 Å². The first-order chi connectivity index (χ1) is 8.24. The molecule has 0 bridgehead atoms. The highest BCUT2D eigenvalue weighted by Crippen LogP contribution is 2.30. The van der Waals surface area contributed by atoms with Gasteiger partial charge in [-0.15, -0.1) is 0 Å². The van der Waals surface area contributed by atoms with Gasteiger partial charge >= 0.3 is 5.97 Å². The average molecular weight is 248 g/mol. The van der Waals surface area contributed by atoms with Crippen molar-refractivity contribution in [3.05, 3.63) is 30.0 Å². The molecule has 1 fully saturated rings. The minimum atomic E-state index is -0.710. The lowest BCUT2D eigenvalue weighted by molar-refractivity contribution is -0.141. The van der Waals surface area contributed by atoms with Gasteiger partial charge in [0.1, 0.15) is 0 Å². The summed E-state index contributed by atoms with van der Waals surface area (Å²) >= 11 is 1.48. The Bertz CT molecular complexity index is 566. The maximum atomic E-state index is 10.9. The van der Waals surface area contributed by atoms with Crippen LogP contribution in [0.3, 0.4) is 0 Å². The minimum Gasteiger partial charge on any atom is -0.481 e. The summed E-state index contributed by atoms with van der Waals surface area (Å²) < 4.78 is 5.31. The van der Waals surface area contributed by atoms with Crippen molar-refractivity contribution in [1.82, 2.24) is 9.69 Å². The molecule has 2 heterocycles. The van der Waals surface area contributed by atoms with E-state index in [0.717, 1.165) is 10.9 Å². The van der Waals surface area contributed by atoms with E-state index in [1.807, 2.05) is 6.20 Å². The fourth-order valence-electron chi connectivity index (χ4n) is 2.29. The second-order valence-corrected chi connectivity index (χ2v) is 5.19. The zero-order valence-corrected chi connectivity index (χ0v) is 9.91. The Kier molecular flexibility index (Phi) is 2.57. The van der Waals surface area contributed by atoms with Crippen LogP contribution in [0.25, 0.3) is 10.1 Å². The van der Waals surface area contributed by atoms with Crippen molar-refractivity contribution in [1.29, 1.82) is 0 Å². The highest BCUT2D eigenvalue weighted by atomic mass is 32.1. The van der Waals surface area contributed by atoms with Gasteiger partial charge in [0.2, 0.25) is 0 Å². The summed E-state index contributed by atoms with van der Waals surface area (Å²) in [6.07, 6.45) is 2.52. The number of aliphatic carboxylic acids is 1. The van der Waals surface area contributed by atoms with E-state index in [0.29, 0.717) is 13.0 Å². The summed E-state index contributed by atoms with van der Waals surface area (Å²) in [5.41, 5.74) is 1.15. The third kappa shape index (κ3) is 1.92. The lowest BCUT2D eigenvalue weighted by Crippen LogP contribution is -2.17. The molecule has 1 aliphatic rings. The van der Waals surface area contributed by atoms with Crippen LogP contribution in [-0.4, -0.2) is 22.0 Å². The summed E-state index contributed by atoms with van der Waals surface area (Å²) in [6, 6.07) is 6.36. The molecular formula is C12H12N2O2S. The molecule has 1 aromatic carbocycles. The molecule has 2 atom stereocenters. The molecule has 1 aromatic heterocycles. The largest absolute Gasteiger partial charge is 0.481 e. The van der Waals surface area contributed by atoms with E-state index in [1.54, 1.807) is 0 Å². The first-order valence-electron chi connectivity index (χ1n) is 5.54. The normalized spacial score (nSPS) is 24.2. The quantitative estimate of drug-likeness (QED) is 0.853. The molecule has 5 heteroatoms. The molecule has 0 saturated carbocycles. The summed E-state index contributed by atoms with van der Waals surface area (Å²) in [4.78, 5) is 10.9. The van der Waals surface area contributed by atoms with Crippen LogP contribution in [0.15, 0.2) is 24.4 Å². The molecule has 88 valence electrons. The third-order valence-corrected chi connectivity index (χ3v) is 4.04. The van der Waals surface area contributed by atoms with Gasteiger partial charge in [0.25, 0.3) is 0 Å². The standard InChI is InChI=1S/C12H12N2O2S/c15-12(16)9-4-10(13-5-9)7-1-2-11-8(3-7)6-14-17-11/h1-3,6,9-10,13H,4-5H2,(H,15,16). The first kappa shape index (κ1) is 10.7. The van der Waals surface area contributed by atoms with Crippen LogP contribution in [-0.2, 0) is 4.79 Å². The Morgan fingerprint density at radius 3 is 3.18 bits per heavy atom. The maximum absolute atomic E-state index is 10.9. The Morgan fingerprint density at radius 2 is 2.41 bits per heavy atom. The van der Waals surface area contributed by atoms with Crippen LogP contribution in [0.4, 0.5) is 0 Å². The molecule has 4 nitrogen and oxygen atoms in total. The fourth-order valence-corrected chi connectivity index (χ4v) is 2.91. The van der Waals surface area contributed by atoms with Crippen molar-refractivity contribution in [3.8, 4) is 0 Å². The minimum absolute atomic E-state index is 0.153. The van der Waals surface area contributed by atoms with Crippen molar-refractivity contribution in [2.24, 2.45) is 5.92 Å². The highest BCUT2D eigenvalue weighted by molar-refractivity contribution is 7.13. The van der Waals surface area contributed by atoms with Gasteiger partial charge in [0, 0.05) is 24.2 Å². The van der Waals surface area contributed by atoms with Crippen LogP contribution in [0, 0.1) is 5.92 Å². The fraction of sp³-hybridized carbons (Fsp3) is 0.333. The van der Waals surface area contributed by atoms with E-state index in [-0.39, 0.29) is 12.0 Å². The lowest BCUT2D eigenvalue weighted by atomic mass is 9.99. The summed E-state index contributed by atoms with van der Waals surface area (Å²) in [5.74, 6) is -0.977. The Balaban J connectivity index is 1.87. The number of nitrogens with zero attached hydrogens (tertiary/aromatic N) is 1. The van der Waals surface area contributed by atoms with E-state index in [4.69, 9.17) is 5.11 Å².